The van der Waals surface area contributed by atoms with Crippen LogP contribution in [0.3, 0.4) is 0 Å². The van der Waals surface area contributed by atoms with E-state index in [1.807, 2.05) is 25.1 Å². The summed E-state index contributed by atoms with van der Waals surface area (Å²) in [6, 6.07) is 10.8. The van der Waals surface area contributed by atoms with E-state index >= 15 is 0 Å². The van der Waals surface area contributed by atoms with E-state index in [-0.39, 0.29) is 5.56 Å². The van der Waals surface area contributed by atoms with Crippen LogP contribution < -0.4 is 5.56 Å². The molecular weight excluding hydrogens is 307 g/mol. The maximum absolute atomic E-state index is 12.5. The molecule has 0 unspecified atom stereocenters. The first-order valence-electron chi connectivity index (χ1n) is 6.45. The van der Waals surface area contributed by atoms with Gasteiger partial charge in [-0.05, 0) is 36.2 Å². The third kappa shape index (κ3) is 2.67. The van der Waals surface area contributed by atoms with E-state index in [0.29, 0.717) is 22.0 Å². The van der Waals surface area contributed by atoms with Gasteiger partial charge in [0.1, 0.15) is 0 Å². The second-order valence-electron chi connectivity index (χ2n) is 4.88. The normalized spacial score (nSPS) is 11.0. The van der Waals surface area contributed by atoms with Gasteiger partial charge in [0.05, 0.1) is 23.8 Å². The Morgan fingerprint density at radius 3 is 2.76 bits per heavy atom. The third-order valence-electron chi connectivity index (χ3n) is 3.41. The van der Waals surface area contributed by atoms with E-state index in [4.69, 9.17) is 23.2 Å². The zero-order chi connectivity index (χ0) is 15.0. The van der Waals surface area contributed by atoms with Gasteiger partial charge in [-0.25, -0.2) is 4.98 Å². The number of para-hydroxylation sites is 1. The van der Waals surface area contributed by atoms with Gasteiger partial charge in [-0.15, -0.1) is 0 Å². The Labute approximate surface area is 131 Å². The zero-order valence-electron chi connectivity index (χ0n) is 11.3. The van der Waals surface area contributed by atoms with E-state index in [9.17, 15) is 4.79 Å². The molecule has 21 heavy (non-hydrogen) atoms. The van der Waals surface area contributed by atoms with Crippen LogP contribution in [-0.4, -0.2) is 9.55 Å². The average Bonchev–Trinajstić information content (AvgIpc) is 2.45. The van der Waals surface area contributed by atoms with Gasteiger partial charge >= 0.3 is 0 Å². The Bertz CT molecular complexity index is 887. The van der Waals surface area contributed by atoms with E-state index in [1.165, 1.54) is 0 Å². The Morgan fingerprint density at radius 1 is 1.19 bits per heavy atom. The number of fused-ring (bicyclic) bond motifs is 1. The van der Waals surface area contributed by atoms with Crippen LogP contribution in [0.25, 0.3) is 10.9 Å². The molecule has 0 radical (unpaired) electrons. The lowest BCUT2D eigenvalue weighted by Gasteiger charge is -2.09. The molecule has 0 aliphatic carbocycles. The summed E-state index contributed by atoms with van der Waals surface area (Å²) >= 11 is 12.0. The molecule has 0 N–H and O–H groups in total. The molecule has 0 fully saturated rings. The molecule has 0 atom stereocenters. The fraction of sp³-hybridized carbons (Fsp3) is 0.125. The molecule has 1 aromatic heterocycles. The topological polar surface area (TPSA) is 34.9 Å². The summed E-state index contributed by atoms with van der Waals surface area (Å²) < 4.78 is 1.55. The number of nitrogens with zero attached hydrogens (tertiary/aromatic N) is 2. The standard InChI is InChI=1S/C16H12Cl2N2O/c1-10-3-2-4-13-15(10)19-9-20(16(13)21)8-11-5-6-12(17)7-14(11)18/h2-7,9H,8H2,1H3. The quantitative estimate of drug-likeness (QED) is 0.714. The molecule has 2 aromatic carbocycles. The molecule has 1 heterocycles. The largest absolute Gasteiger partial charge is 0.294 e. The Kier molecular flexibility index (Phi) is 3.70. The van der Waals surface area contributed by atoms with Crippen molar-refractivity contribution in [3.63, 3.8) is 0 Å². The van der Waals surface area contributed by atoms with E-state index < -0.39 is 0 Å². The first kappa shape index (κ1) is 14.1. The molecule has 0 aliphatic rings. The number of aryl methyl sites for hydroxylation is 1. The SMILES string of the molecule is Cc1cccc2c(=O)n(Cc3ccc(Cl)cc3Cl)cnc12. The zero-order valence-corrected chi connectivity index (χ0v) is 12.8. The van der Waals surface area contributed by atoms with Crippen LogP contribution in [0.5, 0.6) is 0 Å². The number of halogens is 2. The van der Waals surface area contributed by atoms with Crippen LogP contribution in [0.15, 0.2) is 47.5 Å². The summed E-state index contributed by atoms with van der Waals surface area (Å²) in [4.78, 5) is 16.9. The van der Waals surface area contributed by atoms with Crippen LogP contribution >= 0.6 is 23.2 Å². The molecule has 0 saturated heterocycles. The first-order chi connectivity index (χ1) is 10.1. The lowest BCUT2D eigenvalue weighted by molar-refractivity contribution is 0.748. The Hall–Kier alpha value is -1.84. The fourth-order valence-corrected chi connectivity index (χ4v) is 2.75. The summed E-state index contributed by atoms with van der Waals surface area (Å²) in [5.41, 5.74) is 2.48. The van der Waals surface area contributed by atoms with Crippen molar-refractivity contribution in [2.24, 2.45) is 0 Å². The van der Waals surface area contributed by atoms with E-state index in [2.05, 4.69) is 4.98 Å². The highest BCUT2D eigenvalue weighted by Crippen LogP contribution is 2.21. The van der Waals surface area contributed by atoms with Crippen molar-refractivity contribution in [1.82, 2.24) is 9.55 Å². The minimum atomic E-state index is -0.0743. The van der Waals surface area contributed by atoms with Gasteiger partial charge in [-0.3, -0.25) is 9.36 Å². The molecule has 106 valence electrons. The summed E-state index contributed by atoms with van der Waals surface area (Å²) in [6.45, 7) is 2.31. The summed E-state index contributed by atoms with van der Waals surface area (Å²) in [5.74, 6) is 0. The van der Waals surface area contributed by atoms with Crippen LogP contribution in [0, 0.1) is 6.92 Å². The predicted molar refractivity (Wildman–Crippen MR) is 86.3 cm³/mol. The molecule has 3 aromatic rings. The monoisotopic (exact) mass is 318 g/mol. The van der Waals surface area contributed by atoms with Gasteiger partial charge in [0.25, 0.3) is 5.56 Å². The first-order valence-corrected chi connectivity index (χ1v) is 7.20. The number of hydrogen-bond donors (Lipinski definition) is 0. The maximum Gasteiger partial charge on any atom is 0.261 e. The summed E-state index contributed by atoms with van der Waals surface area (Å²) in [7, 11) is 0. The lowest BCUT2D eigenvalue weighted by Crippen LogP contribution is -2.21. The van der Waals surface area contributed by atoms with Crippen molar-refractivity contribution < 1.29 is 0 Å². The maximum atomic E-state index is 12.5. The minimum Gasteiger partial charge on any atom is -0.294 e. The smallest absolute Gasteiger partial charge is 0.261 e. The van der Waals surface area contributed by atoms with Gasteiger partial charge in [-0.2, -0.15) is 0 Å². The average molecular weight is 319 g/mol. The molecule has 0 saturated carbocycles. The van der Waals surface area contributed by atoms with Crippen molar-refractivity contribution in [2.75, 3.05) is 0 Å². The lowest BCUT2D eigenvalue weighted by atomic mass is 10.1. The van der Waals surface area contributed by atoms with Crippen molar-refractivity contribution in [2.45, 2.75) is 13.5 Å². The number of rotatable bonds is 2. The molecule has 0 bridgehead atoms. The number of aromatic nitrogens is 2. The Balaban J connectivity index is 2.09. The minimum absolute atomic E-state index is 0.0743. The molecule has 5 heteroatoms. The predicted octanol–water partition coefficient (Wildman–Crippen LogP) is 4.06. The molecule has 0 aliphatic heterocycles. The second-order valence-corrected chi connectivity index (χ2v) is 5.73. The molecule has 0 spiro atoms. The number of benzene rings is 2. The fourth-order valence-electron chi connectivity index (χ4n) is 2.28. The summed E-state index contributed by atoms with van der Waals surface area (Å²) in [6.07, 6.45) is 1.56. The van der Waals surface area contributed by atoms with Crippen molar-refractivity contribution in [3.05, 3.63) is 74.3 Å². The van der Waals surface area contributed by atoms with Crippen LogP contribution in [0.2, 0.25) is 10.0 Å². The van der Waals surface area contributed by atoms with Gasteiger partial charge in [-0.1, -0.05) is 41.4 Å². The molecular formula is C16H12Cl2N2O. The highest BCUT2D eigenvalue weighted by atomic mass is 35.5. The highest BCUT2D eigenvalue weighted by molar-refractivity contribution is 6.35. The van der Waals surface area contributed by atoms with Crippen molar-refractivity contribution >= 4 is 34.1 Å². The molecule has 3 nitrogen and oxygen atoms in total. The van der Waals surface area contributed by atoms with Gasteiger partial charge in [0.2, 0.25) is 0 Å². The Morgan fingerprint density at radius 2 is 2.00 bits per heavy atom. The van der Waals surface area contributed by atoms with Crippen molar-refractivity contribution in [1.29, 1.82) is 0 Å². The van der Waals surface area contributed by atoms with Gasteiger partial charge in [0, 0.05) is 10.0 Å². The molecule has 0 amide bonds. The van der Waals surface area contributed by atoms with Gasteiger partial charge < -0.3 is 0 Å². The number of hydrogen-bond acceptors (Lipinski definition) is 2. The highest BCUT2D eigenvalue weighted by Gasteiger charge is 2.08. The van der Waals surface area contributed by atoms with E-state index in [0.717, 1.165) is 16.6 Å². The van der Waals surface area contributed by atoms with Crippen LogP contribution in [0.4, 0.5) is 0 Å². The van der Waals surface area contributed by atoms with Crippen LogP contribution in [0.1, 0.15) is 11.1 Å². The van der Waals surface area contributed by atoms with Gasteiger partial charge in [0.15, 0.2) is 0 Å². The second kappa shape index (κ2) is 5.51. The molecule has 3 rings (SSSR count). The van der Waals surface area contributed by atoms with E-state index in [1.54, 1.807) is 29.1 Å². The van der Waals surface area contributed by atoms with Crippen LogP contribution in [-0.2, 0) is 6.54 Å². The van der Waals surface area contributed by atoms with Crippen molar-refractivity contribution in [3.8, 4) is 0 Å². The summed E-state index contributed by atoms with van der Waals surface area (Å²) in [5, 5.41) is 1.73. The third-order valence-corrected chi connectivity index (χ3v) is 4.00.